The highest BCUT2D eigenvalue weighted by Gasteiger charge is 2.32. The van der Waals surface area contributed by atoms with Crippen molar-refractivity contribution in [3.05, 3.63) is 23.3 Å². The Kier molecular flexibility index (Phi) is 1.45. The van der Waals surface area contributed by atoms with Gasteiger partial charge in [0.1, 0.15) is 11.4 Å². The van der Waals surface area contributed by atoms with Gasteiger partial charge in [-0.15, -0.1) is 0 Å². The Bertz CT molecular complexity index is 392. The minimum Gasteiger partial charge on any atom is -0.292 e. The summed E-state index contributed by atoms with van der Waals surface area (Å²) in [6.45, 7) is 0. The minimum atomic E-state index is -1.46. The molecular weight excluding hydrogens is 182 g/mol. The normalized spacial score (nSPS) is 14.9. The van der Waals surface area contributed by atoms with Gasteiger partial charge in [-0.1, -0.05) is 0 Å². The van der Waals surface area contributed by atoms with Crippen molar-refractivity contribution in [1.29, 1.82) is 0 Å². The summed E-state index contributed by atoms with van der Waals surface area (Å²) in [5, 5.41) is 0. The molecule has 0 unspecified atom stereocenters. The summed E-state index contributed by atoms with van der Waals surface area (Å²) in [7, 11) is 0. The number of Topliss-reactive ketones (excluding diaryl/α,β-unsaturated/α-hetero) is 2. The smallest absolute Gasteiger partial charge is 0.269 e. The molecule has 2 rings (SSSR count). The molecule has 1 aliphatic rings. The van der Waals surface area contributed by atoms with Gasteiger partial charge in [0.25, 0.3) is 11.9 Å². The first-order valence-corrected chi connectivity index (χ1v) is 3.39. The van der Waals surface area contributed by atoms with Crippen molar-refractivity contribution in [3.63, 3.8) is 0 Å². The Hall–Kier alpha value is -1.72. The second kappa shape index (κ2) is 2.38. The second-order valence-electron chi connectivity index (χ2n) is 2.53. The van der Waals surface area contributed by atoms with Crippen LogP contribution < -0.4 is 0 Å². The Morgan fingerprint density at radius 2 is 1.31 bits per heavy atom. The molecule has 0 spiro atoms. The molecule has 0 amide bonds. The van der Waals surface area contributed by atoms with Crippen molar-refractivity contribution in [1.82, 2.24) is 9.97 Å². The van der Waals surface area contributed by atoms with Crippen LogP contribution in [0.25, 0.3) is 0 Å². The maximum absolute atomic E-state index is 12.5. The quantitative estimate of drug-likeness (QED) is 0.551. The zero-order valence-corrected chi connectivity index (χ0v) is 6.17. The summed E-state index contributed by atoms with van der Waals surface area (Å²) in [6.07, 6.45) is -0.405. The van der Waals surface area contributed by atoms with Gasteiger partial charge in [0.15, 0.2) is 11.6 Å². The van der Waals surface area contributed by atoms with Gasteiger partial charge in [0, 0.05) is 0 Å². The fourth-order valence-corrected chi connectivity index (χ4v) is 1.10. The molecule has 1 heterocycles. The number of rotatable bonds is 0. The fraction of sp³-hybridized carbons (Fsp3) is 0.143. The van der Waals surface area contributed by atoms with Crippen molar-refractivity contribution < 1.29 is 18.4 Å². The molecule has 0 saturated carbocycles. The van der Waals surface area contributed by atoms with Crippen LogP contribution in [-0.2, 0) is 0 Å². The first-order valence-electron chi connectivity index (χ1n) is 3.39. The van der Waals surface area contributed by atoms with Crippen LogP contribution in [0, 0.1) is 11.9 Å². The van der Waals surface area contributed by atoms with Crippen LogP contribution >= 0.6 is 0 Å². The van der Waals surface area contributed by atoms with E-state index in [1.807, 2.05) is 0 Å². The third-order valence-electron chi connectivity index (χ3n) is 1.66. The molecule has 6 heteroatoms. The first-order chi connectivity index (χ1) is 6.09. The Labute approximate surface area is 70.6 Å². The third kappa shape index (κ3) is 1.02. The van der Waals surface area contributed by atoms with E-state index in [1.165, 1.54) is 0 Å². The molecule has 1 aromatic rings. The molecule has 0 fully saturated rings. The maximum Gasteiger partial charge on any atom is 0.269 e. The van der Waals surface area contributed by atoms with Crippen LogP contribution in [0.4, 0.5) is 8.78 Å². The summed E-state index contributed by atoms with van der Waals surface area (Å²) in [4.78, 5) is 27.9. The summed E-state index contributed by atoms with van der Waals surface area (Å²) in [5.74, 6) is -4.15. The van der Waals surface area contributed by atoms with E-state index in [-0.39, 0.29) is 11.4 Å². The molecule has 0 saturated heterocycles. The summed E-state index contributed by atoms with van der Waals surface area (Å²) in [6, 6.07) is 0. The van der Waals surface area contributed by atoms with Crippen molar-refractivity contribution in [3.8, 4) is 0 Å². The van der Waals surface area contributed by atoms with Gasteiger partial charge >= 0.3 is 0 Å². The van der Waals surface area contributed by atoms with Crippen molar-refractivity contribution >= 4 is 11.6 Å². The topological polar surface area (TPSA) is 59.9 Å². The molecule has 13 heavy (non-hydrogen) atoms. The van der Waals surface area contributed by atoms with Crippen LogP contribution in [0.2, 0.25) is 0 Å². The highest BCUT2D eigenvalue weighted by molar-refractivity contribution is 6.22. The number of hydrogen-bond acceptors (Lipinski definition) is 4. The lowest BCUT2D eigenvalue weighted by Crippen LogP contribution is -2.05. The van der Waals surface area contributed by atoms with Gasteiger partial charge in [-0.2, -0.15) is 8.78 Å². The molecule has 1 aromatic heterocycles. The van der Waals surface area contributed by atoms with Gasteiger partial charge in [-0.25, -0.2) is 9.97 Å². The van der Waals surface area contributed by atoms with E-state index in [9.17, 15) is 18.4 Å². The fourth-order valence-electron chi connectivity index (χ4n) is 1.10. The van der Waals surface area contributed by atoms with E-state index in [2.05, 4.69) is 9.97 Å². The van der Waals surface area contributed by atoms with Gasteiger partial charge in [-0.05, 0) is 0 Å². The van der Waals surface area contributed by atoms with Crippen molar-refractivity contribution in [2.45, 2.75) is 6.42 Å². The first kappa shape index (κ1) is 7.90. The maximum atomic E-state index is 12.5. The Balaban J connectivity index is 2.72. The lowest BCUT2D eigenvalue weighted by atomic mass is 10.3. The summed E-state index contributed by atoms with van der Waals surface area (Å²) < 4.78 is 24.9. The van der Waals surface area contributed by atoms with Crippen LogP contribution in [0.3, 0.4) is 0 Å². The zero-order valence-electron chi connectivity index (χ0n) is 6.17. The highest BCUT2D eigenvalue weighted by Crippen LogP contribution is 2.18. The molecular formula is C7H2F2N2O2. The number of ketones is 2. The average molecular weight is 184 g/mol. The number of nitrogens with zero attached hydrogens (tertiary/aromatic N) is 2. The standard InChI is InChI=1S/C7H2F2N2O2/c8-6-7(9)11-5-3(13)1-2(12)4(5)10-6/h1H2. The van der Waals surface area contributed by atoms with E-state index in [4.69, 9.17) is 0 Å². The predicted molar refractivity (Wildman–Crippen MR) is 35.2 cm³/mol. The Morgan fingerprint density at radius 1 is 0.923 bits per heavy atom. The monoisotopic (exact) mass is 184 g/mol. The van der Waals surface area contributed by atoms with Crippen LogP contribution in [0.5, 0.6) is 0 Å². The number of halogens is 2. The lowest BCUT2D eigenvalue weighted by Gasteiger charge is -1.94. The van der Waals surface area contributed by atoms with Crippen molar-refractivity contribution in [2.75, 3.05) is 0 Å². The molecule has 0 bridgehead atoms. The van der Waals surface area contributed by atoms with Crippen LogP contribution in [0.1, 0.15) is 27.4 Å². The van der Waals surface area contributed by atoms with E-state index in [0.29, 0.717) is 0 Å². The molecule has 66 valence electrons. The van der Waals surface area contributed by atoms with Gasteiger partial charge < -0.3 is 0 Å². The summed E-state index contributed by atoms with van der Waals surface area (Å²) in [5.41, 5.74) is -0.743. The molecule has 4 nitrogen and oxygen atoms in total. The predicted octanol–water partition coefficient (Wildman–Crippen LogP) is 0.524. The molecule has 1 aliphatic carbocycles. The minimum absolute atomic E-state index is 0.371. The van der Waals surface area contributed by atoms with Crippen LogP contribution in [-0.4, -0.2) is 21.5 Å². The molecule has 0 atom stereocenters. The van der Waals surface area contributed by atoms with Gasteiger partial charge in [0.05, 0.1) is 6.42 Å². The lowest BCUT2D eigenvalue weighted by molar-refractivity contribution is 0.0920. The third-order valence-corrected chi connectivity index (χ3v) is 1.66. The van der Waals surface area contributed by atoms with E-state index in [0.717, 1.165) is 0 Å². The number of hydrogen-bond donors (Lipinski definition) is 0. The molecule has 0 aliphatic heterocycles. The van der Waals surface area contributed by atoms with E-state index >= 15 is 0 Å². The molecule has 0 radical (unpaired) electrons. The largest absolute Gasteiger partial charge is 0.292 e. The summed E-state index contributed by atoms with van der Waals surface area (Å²) >= 11 is 0. The number of carbonyl (C=O) groups excluding carboxylic acids is 2. The zero-order chi connectivity index (χ0) is 9.59. The molecule has 0 aromatic carbocycles. The number of aromatic nitrogens is 2. The second-order valence-corrected chi connectivity index (χ2v) is 2.53. The van der Waals surface area contributed by atoms with E-state index < -0.39 is 29.9 Å². The number of fused-ring (bicyclic) bond motifs is 1. The van der Waals surface area contributed by atoms with Crippen molar-refractivity contribution in [2.24, 2.45) is 0 Å². The Morgan fingerprint density at radius 3 is 1.69 bits per heavy atom. The van der Waals surface area contributed by atoms with Crippen LogP contribution in [0.15, 0.2) is 0 Å². The van der Waals surface area contributed by atoms with Gasteiger partial charge in [-0.3, -0.25) is 9.59 Å². The van der Waals surface area contributed by atoms with Gasteiger partial charge in [0.2, 0.25) is 0 Å². The number of carbonyl (C=O) groups is 2. The molecule has 0 N–H and O–H groups in total. The average Bonchev–Trinajstić information content (AvgIpc) is 2.31. The SMILES string of the molecule is O=C1CC(=O)c2nc(F)c(F)nc21. The highest BCUT2D eigenvalue weighted by atomic mass is 19.2. The van der Waals surface area contributed by atoms with E-state index in [1.54, 1.807) is 0 Å².